The highest BCUT2D eigenvalue weighted by Crippen LogP contribution is 2.32. The van der Waals surface area contributed by atoms with E-state index in [4.69, 9.17) is 32.7 Å². The zero-order chi connectivity index (χ0) is 26.0. The van der Waals surface area contributed by atoms with Gasteiger partial charge >= 0.3 is 5.97 Å². The van der Waals surface area contributed by atoms with Crippen molar-refractivity contribution in [2.45, 2.75) is 13.0 Å². The number of pyridine rings is 1. The summed E-state index contributed by atoms with van der Waals surface area (Å²) in [4.78, 5) is 39.4. The van der Waals surface area contributed by atoms with Crippen molar-refractivity contribution in [3.05, 3.63) is 92.8 Å². The Morgan fingerprint density at radius 2 is 1.58 bits per heavy atom. The lowest BCUT2D eigenvalue weighted by Gasteiger charge is -2.19. The largest absolute Gasteiger partial charge is 0.495 e. The zero-order valence-electron chi connectivity index (χ0n) is 19.7. The van der Waals surface area contributed by atoms with Crippen LogP contribution < -0.4 is 15.6 Å². The Morgan fingerprint density at radius 3 is 2.25 bits per heavy atom. The standard InChI is InChI=1S/C27H22Cl2N2O5/c1-15(25(32)30-21-14-18(29)12-13-22(21)35-3)36-27(34)24-23(16-8-10-17(28)11-9-16)19-6-4-5-7-20(19)26(33)31(24)2/h4-15H,1-3H3,(H,30,32). The molecular weight excluding hydrogens is 503 g/mol. The second kappa shape index (κ2) is 10.4. The van der Waals surface area contributed by atoms with E-state index in [0.29, 0.717) is 43.4 Å². The Morgan fingerprint density at radius 1 is 0.944 bits per heavy atom. The first-order chi connectivity index (χ1) is 17.2. The van der Waals surface area contributed by atoms with Crippen LogP contribution in [0.1, 0.15) is 17.4 Å². The lowest BCUT2D eigenvalue weighted by Crippen LogP contribution is -2.33. The number of rotatable bonds is 6. The van der Waals surface area contributed by atoms with Gasteiger partial charge in [0.2, 0.25) is 0 Å². The smallest absolute Gasteiger partial charge is 0.356 e. The highest BCUT2D eigenvalue weighted by atomic mass is 35.5. The number of esters is 1. The van der Waals surface area contributed by atoms with Crippen molar-refractivity contribution in [2.24, 2.45) is 7.05 Å². The van der Waals surface area contributed by atoms with Crippen LogP contribution in [0.3, 0.4) is 0 Å². The van der Waals surface area contributed by atoms with Crippen molar-refractivity contribution < 1.29 is 19.1 Å². The molecule has 9 heteroatoms. The van der Waals surface area contributed by atoms with Crippen LogP contribution in [0.4, 0.5) is 5.69 Å². The molecule has 36 heavy (non-hydrogen) atoms. The van der Waals surface area contributed by atoms with E-state index in [-0.39, 0.29) is 11.3 Å². The third-order valence-electron chi connectivity index (χ3n) is 5.70. The average molecular weight is 525 g/mol. The van der Waals surface area contributed by atoms with Crippen molar-refractivity contribution >= 4 is 51.5 Å². The van der Waals surface area contributed by atoms with Crippen molar-refractivity contribution in [1.29, 1.82) is 0 Å². The second-order valence-corrected chi connectivity index (χ2v) is 8.89. The normalized spacial score (nSPS) is 11.7. The molecule has 4 rings (SSSR count). The number of anilines is 1. The number of carbonyl (C=O) groups excluding carboxylic acids is 2. The summed E-state index contributed by atoms with van der Waals surface area (Å²) < 4.78 is 12.0. The molecule has 4 aromatic rings. The average Bonchev–Trinajstić information content (AvgIpc) is 2.86. The van der Waals surface area contributed by atoms with Gasteiger partial charge in [-0.2, -0.15) is 0 Å². The number of nitrogens with one attached hydrogen (secondary N) is 1. The predicted molar refractivity (Wildman–Crippen MR) is 141 cm³/mol. The van der Waals surface area contributed by atoms with Gasteiger partial charge in [0.25, 0.3) is 11.5 Å². The lowest BCUT2D eigenvalue weighted by atomic mass is 9.96. The van der Waals surface area contributed by atoms with Gasteiger partial charge in [-0.05, 0) is 54.3 Å². The fraction of sp³-hybridized carbons (Fsp3) is 0.148. The number of fused-ring (bicyclic) bond motifs is 1. The summed E-state index contributed by atoms with van der Waals surface area (Å²) in [5.74, 6) is -1.03. The molecule has 0 saturated heterocycles. The van der Waals surface area contributed by atoms with E-state index in [1.54, 1.807) is 60.7 Å². The van der Waals surface area contributed by atoms with E-state index in [9.17, 15) is 14.4 Å². The van der Waals surface area contributed by atoms with E-state index in [1.165, 1.54) is 31.7 Å². The van der Waals surface area contributed by atoms with Crippen molar-refractivity contribution in [1.82, 2.24) is 4.57 Å². The van der Waals surface area contributed by atoms with Gasteiger partial charge in [-0.1, -0.05) is 53.5 Å². The molecule has 7 nitrogen and oxygen atoms in total. The van der Waals surface area contributed by atoms with Crippen LogP contribution in [0.15, 0.2) is 71.5 Å². The fourth-order valence-electron chi connectivity index (χ4n) is 3.90. The minimum atomic E-state index is -1.19. The van der Waals surface area contributed by atoms with E-state index < -0.39 is 18.0 Å². The number of methoxy groups -OCH3 is 1. The molecule has 1 amide bonds. The summed E-state index contributed by atoms with van der Waals surface area (Å²) >= 11 is 12.1. The summed E-state index contributed by atoms with van der Waals surface area (Å²) in [6.07, 6.45) is -1.19. The Labute approximate surface area is 217 Å². The minimum Gasteiger partial charge on any atom is -0.495 e. The molecule has 3 aromatic carbocycles. The molecule has 1 heterocycles. The number of carbonyl (C=O) groups is 2. The molecule has 0 saturated carbocycles. The molecule has 0 bridgehead atoms. The third kappa shape index (κ3) is 4.94. The van der Waals surface area contributed by atoms with Crippen LogP contribution in [-0.4, -0.2) is 29.7 Å². The first-order valence-corrected chi connectivity index (χ1v) is 11.7. The van der Waals surface area contributed by atoms with Gasteiger partial charge in [0, 0.05) is 28.0 Å². The Bertz CT molecular complexity index is 1530. The Hall–Kier alpha value is -3.81. The SMILES string of the molecule is COc1ccc(Cl)cc1NC(=O)C(C)OC(=O)c1c(-c2ccc(Cl)cc2)c2ccccc2c(=O)n1C. The highest BCUT2D eigenvalue weighted by Gasteiger charge is 2.27. The number of halogens is 2. The van der Waals surface area contributed by atoms with Crippen LogP contribution >= 0.6 is 23.2 Å². The summed E-state index contributed by atoms with van der Waals surface area (Å²) in [5.41, 5.74) is 1.15. The lowest BCUT2D eigenvalue weighted by molar-refractivity contribution is -0.123. The van der Waals surface area contributed by atoms with Crippen molar-refractivity contribution in [3.63, 3.8) is 0 Å². The van der Waals surface area contributed by atoms with Gasteiger partial charge in [-0.3, -0.25) is 9.59 Å². The van der Waals surface area contributed by atoms with Crippen LogP contribution in [0.25, 0.3) is 21.9 Å². The topological polar surface area (TPSA) is 86.6 Å². The van der Waals surface area contributed by atoms with E-state index >= 15 is 0 Å². The molecule has 0 aliphatic carbocycles. The number of ether oxygens (including phenoxy) is 2. The van der Waals surface area contributed by atoms with Gasteiger partial charge in [0.1, 0.15) is 11.4 Å². The number of nitrogens with zero attached hydrogens (tertiary/aromatic N) is 1. The number of aromatic nitrogens is 1. The number of benzene rings is 3. The first kappa shape index (κ1) is 25.3. The molecule has 1 aromatic heterocycles. The van der Waals surface area contributed by atoms with E-state index in [2.05, 4.69) is 5.32 Å². The van der Waals surface area contributed by atoms with Crippen LogP contribution in [0, 0.1) is 0 Å². The Balaban J connectivity index is 1.73. The van der Waals surface area contributed by atoms with Gasteiger partial charge in [0.05, 0.1) is 12.8 Å². The van der Waals surface area contributed by atoms with Gasteiger partial charge < -0.3 is 19.4 Å². The maximum absolute atomic E-state index is 13.4. The summed E-state index contributed by atoms with van der Waals surface area (Å²) in [5, 5.41) is 4.61. The first-order valence-electron chi connectivity index (χ1n) is 10.9. The molecule has 184 valence electrons. The number of hydrogen-bond donors (Lipinski definition) is 1. The molecule has 0 fully saturated rings. The highest BCUT2D eigenvalue weighted by molar-refractivity contribution is 6.31. The predicted octanol–water partition coefficient (Wildman–Crippen LogP) is 5.70. The van der Waals surface area contributed by atoms with Crippen molar-refractivity contribution in [3.8, 4) is 16.9 Å². The quantitative estimate of drug-likeness (QED) is 0.326. The monoisotopic (exact) mass is 524 g/mol. The Kier molecular flexibility index (Phi) is 7.33. The van der Waals surface area contributed by atoms with E-state index in [1.807, 2.05) is 0 Å². The third-order valence-corrected chi connectivity index (χ3v) is 6.19. The summed E-state index contributed by atoms with van der Waals surface area (Å²) in [6.45, 7) is 1.44. The van der Waals surface area contributed by atoms with Crippen LogP contribution in [0.5, 0.6) is 5.75 Å². The van der Waals surface area contributed by atoms with Crippen LogP contribution in [-0.2, 0) is 16.6 Å². The molecule has 1 unspecified atom stereocenters. The van der Waals surface area contributed by atoms with E-state index in [0.717, 1.165) is 0 Å². The molecule has 0 spiro atoms. The molecular formula is C27H22Cl2N2O5. The van der Waals surface area contributed by atoms with Crippen molar-refractivity contribution in [2.75, 3.05) is 12.4 Å². The fourth-order valence-corrected chi connectivity index (χ4v) is 4.19. The summed E-state index contributed by atoms with van der Waals surface area (Å²) in [7, 11) is 2.95. The number of hydrogen-bond acceptors (Lipinski definition) is 5. The summed E-state index contributed by atoms with van der Waals surface area (Å²) in [6, 6.07) is 18.7. The molecule has 0 aliphatic rings. The minimum absolute atomic E-state index is 0.0148. The number of amides is 1. The second-order valence-electron chi connectivity index (χ2n) is 8.02. The molecule has 1 N–H and O–H groups in total. The maximum atomic E-state index is 13.4. The maximum Gasteiger partial charge on any atom is 0.356 e. The van der Waals surface area contributed by atoms with Gasteiger partial charge in [-0.25, -0.2) is 4.79 Å². The zero-order valence-corrected chi connectivity index (χ0v) is 21.2. The molecule has 1 atom stereocenters. The molecule has 0 aliphatic heterocycles. The van der Waals surface area contributed by atoms with Gasteiger partial charge in [-0.15, -0.1) is 0 Å². The van der Waals surface area contributed by atoms with Gasteiger partial charge in [0.15, 0.2) is 6.10 Å². The molecule has 0 radical (unpaired) electrons. The van der Waals surface area contributed by atoms with Crippen LogP contribution in [0.2, 0.25) is 10.0 Å².